The van der Waals surface area contributed by atoms with Crippen LogP contribution in [0.2, 0.25) is 0 Å². The molecule has 2 nitrogen and oxygen atoms in total. The van der Waals surface area contributed by atoms with Crippen molar-refractivity contribution >= 4 is 11.3 Å². The second-order valence-electron chi connectivity index (χ2n) is 6.65. The van der Waals surface area contributed by atoms with Gasteiger partial charge in [0.15, 0.2) is 0 Å². The van der Waals surface area contributed by atoms with Crippen LogP contribution in [-0.4, -0.2) is 30.6 Å². The van der Waals surface area contributed by atoms with Crippen LogP contribution in [0.3, 0.4) is 0 Å². The zero-order chi connectivity index (χ0) is 13.4. The van der Waals surface area contributed by atoms with Crippen LogP contribution >= 0.6 is 11.3 Å². The van der Waals surface area contributed by atoms with E-state index in [9.17, 15) is 0 Å². The summed E-state index contributed by atoms with van der Waals surface area (Å²) < 4.78 is 0. The molecule has 2 saturated carbocycles. The lowest BCUT2D eigenvalue weighted by Crippen LogP contribution is -2.44. The van der Waals surface area contributed by atoms with E-state index in [0.29, 0.717) is 12.1 Å². The highest BCUT2D eigenvalue weighted by Crippen LogP contribution is 2.47. The fourth-order valence-electron chi connectivity index (χ4n) is 4.11. The highest BCUT2D eigenvalue weighted by molar-refractivity contribution is 7.09. The minimum Gasteiger partial charge on any atom is -0.327 e. The number of fused-ring (bicyclic) bond motifs is 2. The number of hydrogen-bond donors (Lipinski definition) is 1. The standard InChI is InChI=1S/C16H26N2S/c1-11(8-14-4-3-7-19-14)18(2)10-15-12-5-6-13(9-12)16(15)17/h3-4,7,11-13,15-16H,5-6,8-10,17H2,1-2H3. The maximum absolute atomic E-state index is 6.42. The largest absolute Gasteiger partial charge is 0.327 e. The van der Waals surface area contributed by atoms with Crippen LogP contribution in [0.15, 0.2) is 17.5 Å². The first kappa shape index (κ1) is 13.6. The zero-order valence-electron chi connectivity index (χ0n) is 12.1. The third-order valence-electron chi connectivity index (χ3n) is 5.49. The minimum atomic E-state index is 0.468. The van der Waals surface area contributed by atoms with Crippen molar-refractivity contribution in [3.63, 3.8) is 0 Å². The van der Waals surface area contributed by atoms with Crippen LogP contribution in [0.25, 0.3) is 0 Å². The molecule has 3 heteroatoms. The lowest BCUT2D eigenvalue weighted by atomic mass is 9.84. The quantitative estimate of drug-likeness (QED) is 0.897. The lowest BCUT2D eigenvalue weighted by molar-refractivity contribution is 0.166. The molecule has 2 aliphatic rings. The molecule has 2 aliphatic carbocycles. The molecule has 106 valence electrons. The molecule has 0 saturated heterocycles. The van der Waals surface area contributed by atoms with Crippen molar-refractivity contribution < 1.29 is 0 Å². The molecule has 1 aromatic rings. The predicted octanol–water partition coefficient (Wildman–Crippen LogP) is 2.98. The molecular weight excluding hydrogens is 252 g/mol. The summed E-state index contributed by atoms with van der Waals surface area (Å²) in [5.41, 5.74) is 6.42. The average molecular weight is 278 g/mol. The molecule has 0 aromatic carbocycles. The van der Waals surface area contributed by atoms with Crippen molar-refractivity contribution in [2.24, 2.45) is 23.5 Å². The van der Waals surface area contributed by atoms with Crippen molar-refractivity contribution in [2.45, 2.75) is 44.7 Å². The Hall–Kier alpha value is -0.380. The first-order valence-corrected chi connectivity index (χ1v) is 8.51. The molecule has 3 rings (SSSR count). The van der Waals surface area contributed by atoms with E-state index in [-0.39, 0.29) is 0 Å². The van der Waals surface area contributed by atoms with Gasteiger partial charge >= 0.3 is 0 Å². The normalized spacial score (nSPS) is 35.2. The first-order valence-electron chi connectivity index (χ1n) is 7.63. The number of likely N-dealkylation sites (N-methyl/N-ethyl adjacent to an activating group) is 1. The summed E-state index contributed by atoms with van der Waals surface area (Å²) in [5.74, 6) is 2.49. The summed E-state index contributed by atoms with van der Waals surface area (Å²) in [5, 5.41) is 2.17. The average Bonchev–Trinajstić information content (AvgIpc) is 3.08. The third-order valence-corrected chi connectivity index (χ3v) is 6.38. The SMILES string of the molecule is CC(Cc1cccs1)N(C)CC1C2CCC(C2)C1N. The van der Waals surface area contributed by atoms with Gasteiger partial charge in [0.05, 0.1) is 0 Å². The molecule has 19 heavy (non-hydrogen) atoms. The Balaban J connectivity index is 1.54. The number of thiophene rings is 1. The van der Waals surface area contributed by atoms with E-state index >= 15 is 0 Å². The topological polar surface area (TPSA) is 29.3 Å². The van der Waals surface area contributed by atoms with Gasteiger partial charge in [0.2, 0.25) is 0 Å². The van der Waals surface area contributed by atoms with Gasteiger partial charge in [0, 0.05) is 23.5 Å². The van der Waals surface area contributed by atoms with E-state index in [2.05, 4.69) is 36.4 Å². The highest BCUT2D eigenvalue weighted by atomic mass is 32.1. The molecular formula is C16H26N2S. The summed E-state index contributed by atoms with van der Waals surface area (Å²) >= 11 is 1.87. The Bertz CT molecular complexity index is 401. The van der Waals surface area contributed by atoms with E-state index in [4.69, 9.17) is 5.73 Å². The smallest absolute Gasteiger partial charge is 0.0112 e. The highest BCUT2D eigenvalue weighted by Gasteiger charge is 2.45. The molecule has 2 bridgehead atoms. The fraction of sp³-hybridized carbons (Fsp3) is 0.750. The maximum Gasteiger partial charge on any atom is 0.0112 e. The molecule has 5 unspecified atom stereocenters. The van der Waals surface area contributed by atoms with E-state index in [1.165, 1.54) is 37.1 Å². The van der Waals surface area contributed by atoms with Gasteiger partial charge in [0.25, 0.3) is 0 Å². The fourth-order valence-corrected chi connectivity index (χ4v) is 4.94. The van der Waals surface area contributed by atoms with Crippen molar-refractivity contribution in [3.8, 4) is 0 Å². The summed E-state index contributed by atoms with van der Waals surface area (Å²) in [6.07, 6.45) is 5.39. The second kappa shape index (κ2) is 5.55. The second-order valence-corrected chi connectivity index (χ2v) is 7.68. The Morgan fingerprint density at radius 2 is 2.21 bits per heavy atom. The van der Waals surface area contributed by atoms with Gasteiger partial charge in [-0.2, -0.15) is 0 Å². The maximum atomic E-state index is 6.42. The Kier molecular flexibility index (Phi) is 3.97. The minimum absolute atomic E-state index is 0.468. The van der Waals surface area contributed by atoms with Gasteiger partial charge in [-0.1, -0.05) is 6.07 Å². The molecule has 0 spiro atoms. The van der Waals surface area contributed by atoms with Crippen LogP contribution in [0.5, 0.6) is 0 Å². The molecule has 2 N–H and O–H groups in total. The van der Waals surface area contributed by atoms with Gasteiger partial charge in [-0.15, -0.1) is 11.3 Å². The Labute approximate surface area is 121 Å². The number of nitrogens with zero attached hydrogens (tertiary/aromatic N) is 1. The van der Waals surface area contributed by atoms with Gasteiger partial charge < -0.3 is 10.6 Å². The number of nitrogens with two attached hydrogens (primary N) is 1. The molecule has 5 atom stereocenters. The van der Waals surface area contributed by atoms with Crippen molar-refractivity contribution in [3.05, 3.63) is 22.4 Å². The summed E-state index contributed by atoms with van der Waals surface area (Å²) in [6, 6.07) is 5.48. The molecule has 0 aliphatic heterocycles. The lowest BCUT2D eigenvalue weighted by Gasteiger charge is -2.34. The van der Waals surface area contributed by atoms with E-state index < -0.39 is 0 Å². The van der Waals surface area contributed by atoms with Gasteiger partial charge in [-0.3, -0.25) is 0 Å². The van der Waals surface area contributed by atoms with Crippen LogP contribution in [-0.2, 0) is 6.42 Å². The van der Waals surface area contributed by atoms with E-state index in [1.54, 1.807) is 0 Å². The Morgan fingerprint density at radius 3 is 2.84 bits per heavy atom. The van der Waals surface area contributed by atoms with Gasteiger partial charge in [-0.05, 0) is 68.9 Å². The predicted molar refractivity (Wildman–Crippen MR) is 82.4 cm³/mol. The van der Waals surface area contributed by atoms with Gasteiger partial charge in [-0.25, -0.2) is 0 Å². The number of rotatable bonds is 5. The monoisotopic (exact) mass is 278 g/mol. The van der Waals surface area contributed by atoms with Crippen LogP contribution in [0, 0.1) is 17.8 Å². The Morgan fingerprint density at radius 1 is 1.42 bits per heavy atom. The van der Waals surface area contributed by atoms with Crippen molar-refractivity contribution in [1.82, 2.24) is 4.90 Å². The van der Waals surface area contributed by atoms with Crippen LogP contribution < -0.4 is 5.73 Å². The third kappa shape index (κ3) is 2.74. The van der Waals surface area contributed by atoms with Gasteiger partial charge in [0.1, 0.15) is 0 Å². The summed E-state index contributed by atoms with van der Waals surface area (Å²) in [4.78, 5) is 4.03. The van der Waals surface area contributed by atoms with E-state index in [0.717, 1.165) is 17.8 Å². The molecule has 1 aromatic heterocycles. The summed E-state index contributed by atoms with van der Waals surface area (Å²) in [6.45, 7) is 3.54. The van der Waals surface area contributed by atoms with Crippen LogP contribution in [0.4, 0.5) is 0 Å². The van der Waals surface area contributed by atoms with Crippen molar-refractivity contribution in [1.29, 1.82) is 0 Å². The summed E-state index contributed by atoms with van der Waals surface area (Å²) in [7, 11) is 2.27. The molecule has 0 radical (unpaired) electrons. The van der Waals surface area contributed by atoms with Crippen molar-refractivity contribution in [2.75, 3.05) is 13.6 Å². The van der Waals surface area contributed by atoms with E-state index in [1.807, 2.05) is 11.3 Å². The molecule has 1 heterocycles. The number of hydrogen-bond acceptors (Lipinski definition) is 3. The van der Waals surface area contributed by atoms with Crippen LogP contribution in [0.1, 0.15) is 31.1 Å². The zero-order valence-corrected chi connectivity index (χ0v) is 12.9. The molecule has 2 fully saturated rings. The molecule has 0 amide bonds. The first-order chi connectivity index (χ1) is 9.15.